The predicted octanol–water partition coefficient (Wildman–Crippen LogP) is 4.76. The number of nitrogens with one attached hydrogen (secondary N) is 1. The second kappa shape index (κ2) is 15.3. The number of methoxy groups -OCH3 is 2. The van der Waals surface area contributed by atoms with Crippen LogP contribution in [0.3, 0.4) is 0 Å². The van der Waals surface area contributed by atoms with Crippen molar-refractivity contribution in [3.05, 3.63) is 91.8 Å². The van der Waals surface area contributed by atoms with E-state index in [9.17, 15) is 13.2 Å². The Hall–Kier alpha value is -3.69. The number of hydrogen-bond donors (Lipinski definition) is 1. The van der Waals surface area contributed by atoms with Crippen LogP contribution in [-0.4, -0.2) is 44.4 Å². The van der Waals surface area contributed by atoms with E-state index >= 15 is 0 Å². The molecule has 3 aromatic rings. The lowest BCUT2D eigenvalue weighted by Gasteiger charge is -2.23. The number of pyridine rings is 1. The number of anilines is 1. The lowest BCUT2D eigenvalue weighted by molar-refractivity contribution is -0.116. The molecule has 35 heavy (non-hydrogen) atoms. The van der Waals surface area contributed by atoms with Crippen LogP contribution < -0.4 is 14.8 Å². The molecular weight excluding hydrogens is 466 g/mol. The number of nitrogens with zero attached hydrogens (tertiary/aromatic N) is 2. The van der Waals surface area contributed by atoms with E-state index < -0.39 is 22.5 Å². The van der Waals surface area contributed by atoms with Crippen molar-refractivity contribution >= 4 is 21.6 Å². The highest BCUT2D eigenvalue weighted by atomic mass is 32.2. The number of aromatic nitrogens is 1. The first-order valence-corrected chi connectivity index (χ1v) is 12.3. The Balaban J connectivity index is 0.00000145. The number of amides is 1. The molecule has 1 aromatic heterocycles. The average Bonchev–Trinajstić information content (AvgIpc) is 2.91. The number of benzene rings is 2. The molecule has 0 unspecified atom stereocenters. The molecule has 1 amide bonds. The standard InChI is InChI=1S/C22H23N3O5S.C2H6.C2H4/c1-29-19-10-11-21(30-2)17(13-19)15-25(31(27,28)20-8-4-3-5-9-20)16-22(26)24-18-7-6-12-23-14-18;2*1-2/h3-14H,15-16H2,1-2H3,(H,24,26);1-2H3;1-2H2. The van der Waals surface area contributed by atoms with Gasteiger partial charge in [0, 0.05) is 18.3 Å². The third-order valence-electron chi connectivity index (χ3n) is 4.48. The second-order valence-corrected chi connectivity index (χ2v) is 8.49. The molecule has 0 spiro atoms. The molecule has 0 aliphatic rings. The number of sulfonamides is 1. The van der Waals surface area contributed by atoms with Crippen LogP contribution >= 0.6 is 0 Å². The molecule has 0 saturated carbocycles. The first-order valence-electron chi connectivity index (χ1n) is 10.9. The number of ether oxygens (including phenoxy) is 2. The summed E-state index contributed by atoms with van der Waals surface area (Å²) < 4.78 is 38.4. The quantitative estimate of drug-likeness (QED) is 0.427. The fourth-order valence-corrected chi connectivity index (χ4v) is 4.36. The van der Waals surface area contributed by atoms with Crippen LogP contribution in [0.15, 0.2) is 91.1 Å². The Morgan fingerprint density at radius 2 is 1.69 bits per heavy atom. The van der Waals surface area contributed by atoms with Crippen molar-refractivity contribution in [3.63, 3.8) is 0 Å². The zero-order valence-electron chi connectivity index (χ0n) is 20.6. The molecule has 3 rings (SSSR count). The summed E-state index contributed by atoms with van der Waals surface area (Å²) >= 11 is 0. The number of carbonyl (C=O) groups excluding carboxylic acids is 1. The largest absolute Gasteiger partial charge is 0.497 e. The van der Waals surface area contributed by atoms with E-state index in [0.717, 1.165) is 4.31 Å². The van der Waals surface area contributed by atoms with E-state index in [1.54, 1.807) is 54.7 Å². The predicted molar refractivity (Wildman–Crippen MR) is 139 cm³/mol. The lowest BCUT2D eigenvalue weighted by atomic mass is 10.2. The molecule has 0 radical (unpaired) electrons. The molecule has 188 valence electrons. The smallest absolute Gasteiger partial charge is 0.243 e. The first-order chi connectivity index (χ1) is 16.9. The second-order valence-electron chi connectivity index (χ2n) is 6.55. The molecule has 0 atom stereocenters. The highest BCUT2D eigenvalue weighted by Gasteiger charge is 2.28. The van der Waals surface area contributed by atoms with Crippen molar-refractivity contribution in [1.82, 2.24) is 9.29 Å². The maximum Gasteiger partial charge on any atom is 0.243 e. The molecule has 0 saturated heterocycles. The summed E-state index contributed by atoms with van der Waals surface area (Å²) in [6.45, 7) is 9.52. The summed E-state index contributed by atoms with van der Waals surface area (Å²) in [7, 11) is -0.955. The van der Waals surface area contributed by atoms with Crippen molar-refractivity contribution < 1.29 is 22.7 Å². The highest BCUT2D eigenvalue weighted by Crippen LogP contribution is 2.27. The summed E-state index contributed by atoms with van der Waals surface area (Å²) in [4.78, 5) is 16.7. The molecule has 0 fully saturated rings. The first kappa shape index (κ1) is 29.3. The van der Waals surface area contributed by atoms with E-state index in [2.05, 4.69) is 23.5 Å². The molecule has 2 aromatic carbocycles. The Morgan fingerprint density at radius 1 is 1.00 bits per heavy atom. The maximum absolute atomic E-state index is 13.3. The van der Waals surface area contributed by atoms with Crippen LogP contribution in [-0.2, 0) is 21.4 Å². The Labute approximate surface area is 208 Å². The molecule has 0 aliphatic heterocycles. The van der Waals surface area contributed by atoms with Crippen molar-refractivity contribution in [3.8, 4) is 11.5 Å². The van der Waals surface area contributed by atoms with Crippen molar-refractivity contribution in [2.24, 2.45) is 0 Å². The fourth-order valence-electron chi connectivity index (χ4n) is 2.96. The Bertz CT molecular complexity index is 1140. The van der Waals surface area contributed by atoms with Gasteiger partial charge in [0.2, 0.25) is 15.9 Å². The lowest BCUT2D eigenvalue weighted by Crippen LogP contribution is -2.37. The zero-order valence-corrected chi connectivity index (χ0v) is 21.4. The van der Waals surface area contributed by atoms with E-state index in [1.165, 1.54) is 32.5 Å². The van der Waals surface area contributed by atoms with E-state index in [4.69, 9.17) is 9.47 Å². The van der Waals surface area contributed by atoms with Crippen LogP contribution in [0, 0.1) is 0 Å². The molecule has 0 aliphatic carbocycles. The molecule has 8 nitrogen and oxygen atoms in total. The van der Waals surface area contributed by atoms with Gasteiger partial charge >= 0.3 is 0 Å². The van der Waals surface area contributed by atoms with Gasteiger partial charge in [-0.2, -0.15) is 4.31 Å². The van der Waals surface area contributed by atoms with E-state index in [0.29, 0.717) is 22.7 Å². The summed E-state index contributed by atoms with van der Waals surface area (Å²) in [5.41, 5.74) is 1.04. The topological polar surface area (TPSA) is 97.8 Å². The van der Waals surface area contributed by atoms with Crippen LogP contribution in [0.25, 0.3) is 0 Å². The normalized spacial score (nSPS) is 10.2. The number of carbonyl (C=O) groups is 1. The number of hydrogen-bond acceptors (Lipinski definition) is 6. The van der Waals surface area contributed by atoms with Gasteiger partial charge < -0.3 is 14.8 Å². The average molecular weight is 500 g/mol. The minimum absolute atomic E-state index is 0.0853. The van der Waals surface area contributed by atoms with Gasteiger partial charge in [-0.15, -0.1) is 13.2 Å². The summed E-state index contributed by atoms with van der Waals surface area (Å²) in [5.74, 6) is 0.545. The SMILES string of the molecule is C=C.CC.COc1ccc(OC)c(CN(CC(=O)Nc2cccnc2)S(=O)(=O)c2ccccc2)c1. The van der Waals surface area contributed by atoms with E-state index in [-0.39, 0.29) is 11.4 Å². The maximum atomic E-state index is 13.3. The zero-order chi connectivity index (χ0) is 26.3. The van der Waals surface area contributed by atoms with Crippen LogP contribution in [0.2, 0.25) is 0 Å². The summed E-state index contributed by atoms with van der Waals surface area (Å²) in [5, 5.41) is 2.67. The van der Waals surface area contributed by atoms with Gasteiger partial charge in [-0.05, 0) is 42.5 Å². The van der Waals surface area contributed by atoms with Crippen molar-refractivity contribution in [1.29, 1.82) is 0 Å². The summed E-state index contributed by atoms with van der Waals surface area (Å²) in [6.07, 6.45) is 3.07. The molecule has 1 heterocycles. The van der Waals surface area contributed by atoms with Crippen LogP contribution in [0.1, 0.15) is 19.4 Å². The van der Waals surface area contributed by atoms with Gasteiger partial charge in [0.05, 0.1) is 37.5 Å². The van der Waals surface area contributed by atoms with Gasteiger partial charge in [0.15, 0.2) is 0 Å². The van der Waals surface area contributed by atoms with Crippen LogP contribution in [0.5, 0.6) is 11.5 Å². The number of rotatable bonds is 9. The van der Waals surface area contributed by atoms with Gasteiger partial charge in [0.1, 0.15) is 11.5 Å². The fraction of sp³-hybridized carbons (Fsp3) is 0.231. The molecule has 9 heteroatoms. The van der Waals surface area contributed by atoms with E-state index in [1.807, 2.05) is 13.8 Å². The summed E-state index contributed by atoms with van der Waals surface area (Å²) in [6, 6.07) is 16.4. The molecular formula is C26H33N3O5S. The third-order valence-corrected chi connectivity index (χ3v) is 6.29. The minimum atomic E-state index is -3.97. The van der Waals surface area contributed by atoms with Crippen molar-refractivity contribution in [2.75, 3.05) is 26.1 Å². The van der Waals surface area contributed by atoms with Gasteiger partial charge in [-0.3, -0.25) is 9.78 Å². The third kappa shape index (κ3) is 8.55. The molecule has 1 N–H and O–H groups in total. The van der Waals surface area contributed by atoms with Crippen molar-refractivity contribution in [2.45, 2.75) is 25.3 Å². The van der Waals surface area contributed by atoms with Gasteiger partial charge in [-0.1, -0.05) is 32.0 Å². The monoisotopic (exact) mass is 499 g/mol. The highest BCUT2D eigenvalue weighted by molar-refractivity contribution is 7.89. The Kier molecular flexibility index (Phi) is 12.8. The van der Waals surface area contributed by atoms with Gasteiger partial charge in [-0.25, -0.2) is 8.42 Å². The molecule has 0 bridgehead atoms. The van der Waals surface area contributed by atoms with Crippen LogP contribution in [0.4, 0.5) is 5.69 Å². The van der Waals surface area contributed by atoms with Gasteiger partial charge in [0.25, 0.3) is 0 Å². The Morgan fingerprint density at radius 3 is 2.26 bits per heavy atom. The minimum Gasteiger partial charge on any atom is -0.497 e.